The molecule has 0 heterocycles. The minimum absolute atomic E-state index is 0.107. The zero-order valence-corrected chi connectivity index (χ0v) is 24.8. The van der Waals surface area contributed by atoms with Gasteiger partial charge in [0.2, 0.25) is 21.8 Å². The molecule has 0 aliphatic rings. The smallest absolute Gasteiger partial charge is 0.244 e. The van der Waals surface area contributed by atoms with Gasteiger partial charge in [0.05, 0.1) is 11.9 Å². The molecule has 214 valence electrons. The molecule has 0 radical (unpaired) electrons. The number of amides is 2. The van der Waals surface area contributed by atoms with Crippen LogP contribution in [0.2, 0.25) is 5.02 Å². The van der Waals surface area contributed by atoms with Crippen molar-refractivity contribution in [1.82, 2.24) is 10.2 Å². The Balaban J connectivity index is 1.80. The Morgan fingerprint density at radius 2 is 1.52 bits per heavy atom. The van der Waals surface area contributed by atoms with Gasteiger partial charge in [-0.1, -0.05) is 67.9 Å². The summed E-state index contributed by atoms with van der Waals surface area (Å²) in [7, 11) is -3.83. The summed E-state index contributed by atoms with van der Waals surface area (Å²) < 4.78 is 32.4. The normalized spacial score (nSPS) is 12.1. The van der Waals surface area contributed by atoms with E-state index in [0.717, 1.165) is 21.7 Å². The zero-order valence-electron chi connectivity index (χ0n) is 23.2. The second-order valence-corrected chi connectivity index (χ2v) is 12.3. The minimum atomic E-state index is -3.83. The van der Waals surface area contributed by atoms with E-state index < -0.39 is 28.5 Å². The monoisotopic (exact) mass is 585 g/mol. The zero-order chi connectivity index (χ0) is 29.3. The minimum Gasteiger partial charge on any atom is -0.489 e. The van der Waals surface area contributed by atoms with Crippen LogP contribution in [0.3, 0.4) is 0 Å². The number of halogens is 1. The second kappa shape index (κ2) is 14.2. The predicted octanol–water partition coefficient (Wildman–Crippen LogP) is 4.87. The highest BCUT2D eigenvalue weighted by molar-refractivity contribution is 7.92. The first kappa shape index (κ1) is 31.0. The first-order valence-electron chi connectivity index (χ1n) is 13.0. The van der Waals surface area contributed by atoms with Crippen LogP contribution in [0.1, 0.15) is 31.9 Å². The molecule has 0 spiro atoms. The fourth-order valence-corrected chi connectivity index (χ4v) is 4.86. The van der Waals surface area contributed by atoms with Gasteiger partial charge in [0.25, 0.3) is 0 Å². The van der Waals surface area contributed by atoms with Gasteiger partial charge in [-0.15, -0.1) is 0 Å². The van der Waals surface area contributed by atoms with E-state index in [2.05, 4.69) is 5.32 Å². The standard InChI is InChI=1S/C30H36ClN3O5S/c1-22(2)18-32-30(36)23(3)33(19-24-10-12-26(31)13-11-24)29(35)20-34(40(4,37)38)27-14-16-28(17-15-27)39-21-25-8-6-5-7-9-25/h5-17,22-23H,18-21H2,1-4H3,(H,32,36). The molecule has 0 bridgehead atoms. The molecule has 1 N–H and O–H groups in total. The van der Waals surface area contributed by atoms with Gasteiger partial charge in [0, 0.05) is 18.1 Å². The molecule has 0 saturated heterocycles. The van der Waals surface area contributed by atoms with Crippen molar-refractivity contribution in [2.75, 3.05) is 23.7 Å². The number of benzene rings is 3. The van der Waals surface area contributed by atoms with Crippen molar-refractivity contribution in [3.05, 3.63) is 95.0 Å². The van der Waals surface area contributed by atoms with Crippen molar-refractivity contribution < 1.29 is 22.7 Å². The van der Waals surface area contributed by atoms with Gasteiger partial charge in [-0.3, -0.25) is 13.9 Å². The Bertz CT molecular complexity index is 1360. The largest absolute Gasteiger partial charge is 0.489 e. The van der Waals surface area contributed by atoms with Gasteiger partial charge in [-0.05, 0) is 60.4 Å². The molecule has 1 unspecified atom stereocenters. The average molecular weight is 586 g/mol. The van der Waals surface area contributed by atoms with Crippen molar-refractivity contribution in [1.29, 1.82) is 0 Å². The number of rotatable bonds is 13. The summed E-state index contributed by atoms with van der Waals surface area (Å²) in [5, 5.41) is 3.40. The highest BCUT2D eigenvalue weighted by Gasteiger charge is 2.30. The lowest BCUT2D eigenvalue weighted by molar-refractivity contribution is -0.139. The number of sulfonamides is 1. The lowest BCUT2D eigenvalue weighted by Gasteiger charge is -2.31. The Morgan fingerprint density at radius 1 is 0.900 bits per heavy atom. The molecule has 0 saturated carbocycles. The van der Waals surface area contributed by atoms with Gasteiger partial charge in [-0.25, -0.2) is 8.42 Å². The highest BCUT2D eigenvalue weighted by atomic mass is 35.5. The second-order valence-electron chi connectivity index (χ2n) is 10.0. The molecule has 0 aliphatic carbocycles. The fourth-order valence-electron chi connectivity index (χ4n) is 3.88. The van der Waals surface area contributed by atoms with E-state index in [4.69, 9.17) is 16.3 Å². The van der Waals surface area contributed by atoms with E-state index in [9.17, 15) is 18.0 Å². The summed E-state index contributed by atoms with van der Waals surface area (Å²) in [6, 6.07) is 22.3. The molecule has 3 aromatic carbocycles. The van der Waals surface area contributed by atoms with Crippen LogP contribution in [0.4, 0.5) is 5.69 Å². The first-order chi connectivity index (χ1) is 18.9. The molecule has 1 atom stereocenters. The van der Waals surface area contributed by atoms with Gasteiger partial charge in [-0.2, -0.15) is 0 Å². The van der Waals surface area contributed by atoms with E-state index in [1.807, 2.05) is 44.2 Å². The van der Waals surface area contributed by atoms with Crippen LogP contribution < -0.4 is 14.4 Å². The number of hydrogen-bond acceptors (Lipinski definition) is 5. The predicted molar refractivity (Wildman–Crippen MR) is 159 cm³/mol. The molecule has 3 aromatic rings. The topological polar surface area (TPSA) is 96.0 Å². The van der Waals surface area contributed by atoms with Crippen molar-refractivity contribution >= 4 is 39.1 Å². The maximum atomic E-state index is 13.6. The number of nitrogens with one attached hydrogen (secondary N) is 1. The highest BCUT2D eigenvalue weighted by Crippen LogP contribution is 2.23. The molecule has 10 heteroatoms. The summed E-state index contributed by atoms with van der Waals surface area (Å²) in [5.41, 5.74) is 2.07. The summed E-state index contributed by atoms with van der Waals surface area (Å²) in [5.74, 6) is -0.0389. The summed E-state index contributed by atoms with van der Waals surface area (Å²) in [4.78, 5) is 27.9. The number of nitrogens with zero attached hydrogens (tertiary/aromatic N) is 2. The van der Waals surface area contributed by atoms with Gasteiger partial charge >= 0.3 is 0 Å². The van der Waals surface area contributed by atoms with Crippen LogP contribution in [0.15, 0.2) is 78.9 Å². The van der Waals surface area contributed by atoms with Gasteiger partial charge < -0.3 is 15.0 Å². The van der Waals surface area contributed by atoms with Crippen LogP contribution in [0.5, 0.6) is 5.75 Å². The molecular weight excluding hydrogens is 550 g/mol. The molecule has 0 fully saturated rings. The van der Waals surface area contributed by atoms with E-state index in [1.165, 1.54) is 4.90 Å². The maximum absolute atomic E-state index is 13.6. The van der Waals surface area contributed by atoms with Crippen molar-refractivity contribution in [3.63, 3.8) is 0 Å². The quantitative estimate of drug-likeness (QED) is 0.309. The lowest BCUT2D eigenvalue weighted by Crippen LogP contribution is -2.51. The van der Waals surface area contributed by atoms with E-state index in [-0.39, 0.29) is 18.4 Å². The molecule has 8 nitrogen and oxygen atoms in total. The lowest BCUT2D eigenvalue weighted by atomic mass is 10.1. The summed E-state index contributed by atoms with van der Waals surface area (Å²) >= 11 is 6.02. The van der Waals surface area contributed by atoms with Crippen molar-refractivity contribution in [2.24, 2.45) is 5.92 Å². The van der Waals surface area contributed by atoms with Gasteiger partial charge in [0.1, 0.15) is 24.9 Å². The Labute approximate surface area is 241 Å². The number of anilines is 1. The Kier molecular flexibility index (Phi) is 11.0. The maximum Gasteiger partial charge on any atom is 0.244 e. The molecule has 3 rings (SSSR count). The Morgan fingerprint density at radius 3 is 2.10 bits per heavy atom. The summed E-state index contributed by atoms with van der Waals surface area (Å²) in [6.45, 7) is 6.04. The number of carbonyl (C=O) groups excluding carboxylic acids is 2. The molecule has 40 heavy (non-hydrogen) atoms. The van der Waals surface area contributed by atoms with Crippen molar-refractivity contribution in [2.45, 2.75) is 40.0 Å². The van der Waals surface area contributed by atoms with Crippen LogP contribution in [0.25, 0.3) is 0 Å². The van der Waals surface area contributed by atoms with Crippen LogP contribution in [0, 0.1) is 5.92 Å². The average Bonchev–Trinajstić information content (AvgIpc) is 2.93. The van der Waals surface area contributed by atoms with E-state index in [0.29, 0.717) is 29.6 Å². The van der Waals surface area contributed by atoms with Crippen LogP contribution >= 0.6 is 11.6 Å². The third-order valence-corrected chi connectivity index (χ3v) is 7.56. The number of ether oxygens (including phenoxy) is 1. The molecule has 0 aromatic heterocycles. The third-order valence-electron chi connectivity index (χ3n) is 6.17. The molecule has 0 aliphatic heterocycles. The Hall–Kier alpha value is -3.56. The number of carbonyl (C=O) groups is 2. The van der Waals surface area contributed by atoms with E-state index >= 15 is 0 Å². The van der Waals surface area contributed by atoms with Crippen molar-refractivity contribution in [3.8, 4) is 5.75 Å². The van der Waals surface area contributed by atoms with Crippen LogP contribution in [-0.4, -0.2) is 50.5 Å². The van der Waals surface area contributed by atoms with Crippen LogP contribution in [-0.2, 0) is 32.8 Å². The van der Waals surface area contributed by atoms with Gasteiger partial charge in [0.15, 0.2) is 0 Å². The fraction of sp³-hybridized carbons (Fsp3) is 0.333. The third kappa shape index (κ3) is 9.27. The number of hydrogen-bond donors (Lipinski definition) is 1. The molecular formula is C30H36ClN3O5S. The first-order valence-corrected chi connectivity index (χ1v) is 15.2. The SMILES string of the molecule is CC(C)CNC(=O)C(C)N(Cc1ccc(Cl)cc1)C(=O)CN(c1ccc(OCc2ccccc2)cc1)S(C)(=O)=O. The summed E-state index contributed by atoms with van der Waals surface area (Å²) in [6.07, 6.45) is 1.04. The molecule has 2 amide bonds. The van der Waals surface area contributed by atoms with E-state index in [1.54, 1.807) is 55.5 Å².